The summed E-state index contributed by atoms with van der Waals surface area (Å²) < 4.78 is 20.0. The van der Waals surface area contributed by atoms with Crippen LogP contribution in [-0.2, 0) is 13.8 Å². The predicted molar refractivity (Wildman–Crippen MR) is 36.0 cm³/mol. The molecule has 9 heavy (non-hydrogen) atoms. The van der Waals surface area contributed by atoms with Crippen molar-refractivity contribution >= 4 is 8.03 Å². The van der Waals surface area contributed by atoms with Gasteiger partial charge in [-0.1, -0.05) is 0 Å². The zero-order valence-electron chi connectivity index (χ0n) is 5.96. The molecule has 0 aliphatic rings. The third kappa shape index (κ3) is 5.90. The monoisotopic (exact) mass is 151 g/mol. The second-order valence-electron chi connectivity index (χ2n) is 1.78. The molecule has 0 rings (SSSR count). The summed E-state index contributed by atoms with van der Waals surface area (Å²) in [5, 5.41) is 0. The number of hydrogen-bond acceptors (Lipinski definition) is 3. The maximum Gasteiger partial charge on any atom is 0.504 e. The molecule has 0 aliphatic carbocycles. The Morgan fingerprint density at radius 1 is 1.67 bits per heavy atom. The van der Waals surface area contributed by atoms with Crippen molar-refractivity contribution in [3.8, 4) is 0 Å². The summed E-state index contributed by atoms with van der Waals surface area (Å²) in [4.78, 5) is 0. The first kappa shape index (κ1) is 9.02. The lowest BCUT2D eigenvalue weighted by Crippen LogP contribution is -2.10. The van der Waals surface area contributed by atoms with Gasteiger partial charge in [0.2, 0.25) is 0 Å². The van der Waals surface area contributed by atoms with Crippen LogP contribution >= 0.6 is 8.03 Å². The Kier molecular flexibility index (Phi) is 4.87. The first-order valence-corrected chi connectivity index (χ1v) is 4.36. The second kappa shape index (κ2) is 4.86. The van der Waals surface area contributed by atoms with Gasteiger partial charge in [-0.2, -0.15) is 0 Å². The number of hydrogen-bond donors (Lipinski definition) is 0. The van der Waals surface area contributed by atoms with E-state index in [-0.39, 0.29) is 6.10 Å². The van der Waals surface area contributed by atoms with Crippen LogP contribution in [0.1, 0.15) is 6.92 Å². The minimum Gasteiger partial charge on any atom is -0.379 e. The van der Waals surface area contributed by atoms with Gasteiger partial charge in [-0.25, -0.2) is 0 Å². The zero-order chi connectivity index (χ0) is 7.28. The molecule has 0 saturated carbocycles. The van der Waals surface area contributed by atoms with E-state index in [9.17, 15) is 4.57 Å². The van der Waals surface area contributed by atoms with Crippen LogP contribution in [0.25, 0.3) is 0 Å². The molecule has 0 amide bonds. The summed E-state index contributed by atoms with van der Waals surface area (Å²) in [5.74, 6) is 0. The van der Waals surface area contributed by atoms with Crippen LogP contribution < -0.4 is 0 Å². The summed E-state index contributed by atoms with van der Waals surface area (Å²) in [5.41, 5.74) is 0. The fourth-order valence-electron chi connectivity index (χ4n) is 0.278. The van der Waals surface area contributed by atoms with Gasteiger partial charge in [0, 0.05) is 7.11 Å². The van der Waals surface area contributed by atoms with E-state index in [1.54, 1.807) is 7.11 Å². The van der Waals surface area contributed by atoms with Gasteiger partial charge in [0.1, 0.15) is 6.61 Å². The molecule has 0 aromatic rings. The maximum atomic E-state index is 10.3. The molecular weight excluding hydrogens is 139 g/mol. The van der Waals surface area contributed by atoms with Crippen molar-refractivity contribution in [2.45, 2.75) is 13.0 Å². The molecule has 54 valence electrons. The van der Waals surface area contributed by atoms with Crippen molar-refractivity contribution in [3.63, 3.8) is 0 Å². The summed E-state index contributed by atoms with van der Waals surface area (Å²) in [7, 11) is 0.125. The van der Waals surface area contributed by atoms with Crippen molar-refractivity contribution in [2.75, 3.05) is 20.4 Å². The predicted octanol–water partition coefficient (Wildman–Crippen LogP) is 1.41. The van der Waals surface area contributed by atoms with E-state index in [0.29, 0.717) is 6.61 Å². The molecule has 2 atom stereocenters. The Labute approximate surface area is 56.2 Å². The van der Waals surface area contributed by atoms with Gasteiger partial charge in [0.05, 0.1) is 6.10 Å². The molecular formula is C5H12O3P+. The average molecular weight is 151 g/mol. The lowest BCUT2D eigenvalue weighted by Gasteiger charge is -2.01. The van der Waals surface area contributed by atoms with Crippen LogP contribution in [-0.4, -0.2) is 26.5 Å². The van der Waals surface area contributed by atoms with E-state index in [2.05, 4.69) is 0 Å². The lowest BCUT2D eigenvalue weighted by molar-refractivity contribution is 0.0750. The van der Waals surface area contributed by atoms with Crippen LogP contribution in [0.2, 0.25) is 0 Å². The highest BCUT2D eigenvalue weighted by Crippen LogP contribution is 2.15. The Hall–Kier alpha value is 0.0200. The van der Waals surface area contributed by atoms with Gasteiger partial charge in [-0.15, -0.1) is 4.52 Å². The smallest absolute Gasteiger partial charge is 0.379 e. The molecule has 0 spiro atoms. The van der Waals surface area contributed by atoms with Crippen molar-refractivity contribution in [1.82, 2.24) is 0 Å². The highest BCUT2D eigenvalue weighted by atomic mass is 31.1. The Bertz CT molecular complexity index is 94.2. The SMILES string of the molecule is COC(C)CO[P+](C)=O. The topological polar surface area (TPSA) is 35.5 Å². The van der Waals surface area contributed by atoms with Gasteiger partial charge in [0.15, 0.2) is 6.66 Å². The third-order valence-electron chi connectivity index (χ3n) is 0.893. The first-order chi connectivity index (χ1) is 4.16. The fraction of sp³-hybridized carbons (Fsp3) is 1.00. The molecule has 0 saturated heterocycles. The van der Waals surface area contributed by atoms with E-state index in [4.69, 9.17) is 9.26 Å². The molecule has 0 radical (unpaired) electrons. The van der Waals surface area contributed by atoms with Crippen LogP contribution in [0.3, 0.4) is 0 Å². The number of ether oxygens (including phenoxy) is 1. The normalized spacial score (nSPS) is 15.2. The van der Waals surface area contributed by atoms with Gasteiger partial charge in [-0.05, 0) is 11.5 Å². The third-order valence-corrected chi connectivity index (χ3v) is 1.41. The molecule has 0 aromatic heterocycles. The molecule has 2 unspecified atom stereocenters. The Balaban J connectivity index is 3.16. The molecule has 0 fully saturated rings. The summed E-state index contributed by atoms with van der Waals surface area (Å²) in [6, 6.07) is 0. The molecule has 0 aliphatic heterocycles. The van der Waals surface area contributed by atoms with Crippen LogP contribution in [0.15, 0.2) is 0 Å². The van der Waals surface area contributed by atoms with E-state index in [1.807, 2.05) is 6.92 Å². The minimum atomic E-state index is -1.47. The number of methoxy groups -OCH3 is 1. The second-order valence-corrected chi connectivity index (χ2v) is 2.92. The molecule has 0 bridgehead atoms. The lowest BCUT2D eigenvalue weighted by atomic mass is 10.4. The van der Waals surface area contributed by atoms with E-state index >= 15 is 0 Å². The first-order valence-electron chi connectivity index (χ1n) is 2.73. The van der Waals surface area contributed by atoms with Crippen LogP contribution in [0.4, 0.5) is 0 Å². The minimum absolute atomic E-state index is 0.0314. The van der Waals surface area contributed by atoms with Crippen molar-refractivity contribution in [3.05, 3.63) is 0 Å². The van der Waals surface area contributed by atoms with Gasteiger partial charge in [0.25, 0.3) is 0 Å². The largest absolute Gasteiger partial charge is 0.504 e. The van der Waals surface area contributed by atoms with E-state index in [1.165, 1.54) is 6.66 Å². The summed E-state index contributed by atoms with van der Waals surface area (Å²) in [6.45, 7) is 3.79. The summed E-state index contributed by atoms with van der Waals surface area (Å²) in [6.07, 6.45) is 0.0314. The van der Waals surface area contributed by atoms with Crippen molar-refractivity contribution in [1.29, 1.82) is 0 Å². The van der Waals surface area contributed by atoms with Gasteiger partial charge < -0.3 is 4.74 Å². The average Bonchev–Trinajstić information content (AvgIpc) is 1.83. The Morgan fingerprint density at radius 3 is 2.56 bits per heavy atom. The molecule has 0 N–H and O–H groups in total. The van der Waals surface area contributed by atoms with Crippen LogP contribution in [0.5, 0.6) is 0 Å². The van der Waals surface area contributed by atoms with Crippen molar-refractivity contribution in [2.24, 2.45) is 0 Å². The zero-order valence-corrected chi connectivity index (χ0v) is 6.85. The Morgan fingerprint density at radius 2 is 2.22 bits per heavy atom. The summed E-state index contributed by atoms with van der Waals surface area (Å²) >= 11 is 0. The number of rotatable bonds is 4. The molecule has 4 heteroatoms. The van der Waals surface area contributed by atoms with Gasteiger partial charge in [-0.3, -0.25) is 0 Å². The van der Waals surface area contributed by atoms with Gasteiger partial charge >= 0.3 is 8.03 Å². The molecule has 0 aromatic carbocycles. The molecule has 3 nitrogen and oxygen atoms in total. The van der Waals surface area contributed by atoms with E-state index in [0.717, 1.165) is 0 Å². The van der Waals surface area contributed by atoms with Crippen molar-refractivity contribution < 1.29 is 13.8 Å². The highest BCUT2D eigenvalue weighted by Gasteiger charge is 2.09. The standard InChI is InChI=1S/C5H12O3P/c1-5(7-2)4-8-9(3)6/h5H,4H2,1-3H3/q+1. The molecule has 0 heterocycles. The fourth-order valence-corrected chi connectivity index (χ4v) is 0.698. The maximum absolute atomic E-state index is 10.3. The quantitative estimate of drug-likeness (QED) is 0.570. The highest BCUT2D eigenvalue weighted by molar-refractivity contribution is 7.38. The van der Waals surface area contributed by atoms with Crippen LogP contribution in [0, 0.1) is 0 Å². The van der Waals surface area contributed by atoms with E-state index < -0.39 is 8.03 Å².